The van der Waals surface area contributed by atoms with Gasteiger partial charge in [0.25, 0.3) is 0 Å². The highest BCUT2D eigenvalue weighted by molar-refractivity contribution is 9.10. The predicted molar refractivity (Wildman–Crippen MR) is 83.9 cm³/mol. The minimum absolute atomic E-state index is 0.00456. The van der Waals surface area contributed by atoms with E-state index < -0.39 is 0 Å². The number of benzene rings is 1. The summed E-state index contributed by atoms with van der Waals surface area (Å²) in [4.78, 5) is 12.4. The molecular formula is C12H14BrN5O2S. The third-order valence-corrected chi connectivity index (χ3v) is 4.24. The van der Waals surface area contributed by atoms with E-state index in [4.69, 9.17) is 10.9 Å². The molecular weight excluding hydrogens is 358 g/mol. The van der Waals surface area contributed by atoms with Crippen LogP contribution in [0.3, 0.4) is 0 Å². The van der Waals surface area contributed by atoms with E-state index in [0.29, 0.717) is 17.3 Å². The van der Waals surface area contributed by atoms with Gasteiger partial charge in [0.2, 0.25) is 0 Å². The minimum Gasteiger partial charge on any atom is -0.409 e. The molecule has 1 aromatic heterocycles. The zero-order chi connectivity index (χ0) is 15.4. The highest BCUT2D eigenvalue weighted by Gasteiger charge is 2.14. The van der Waals surface area contributed by atoms with Gasteiger partial charge in [-0.3, -0.25) is 4.57 Å². The zero-order valence-corrected chi connectivity index (χ0v) is 13.6. The Bertz CT molecular complexity index is 725. The number of halogens is 1. The summed E-state index contributed by atoms with van der Waals surface area (Å²) in [6.07, 6.45) is 0.818. The van der Waals surface area contributed by atoms with Crippen molar-refractivity contribution < 1.29 is 5.21 Å². The Morgan fingerprint density at radius 1 is 1.62 bits per heavy atom. The number of aromatic amines is 1. The van der Waals surface area contributed by atoms with Crippen molar-refractivity contribution in [3.05, 3.63) is 38.7 Å². The van der Waals surface area contributed by atoms with Gasteiger partial charge >= 0.3 is 5.69 Å². The number of aromatic nitrogens is 3. The van der Waals surface area contributed by atoms with Crippen molar-refractivity contribution in [3.63, 3.8) is 0 Å². The average molecular weight is 372 g/mol. The number of nitrogens with zero attached hydrogens (tertiary/aromatic N) is 3. The van der Waals surface area contributed by atoms with Gasteiger partial charge in [-0.05, 0) is 36.4 Å². The van der Waals surface area contributed by atoms with E-state index in [-0.39, 0.29) is 11.5 Å². The summed E-state index contributed by atoms with van der Waals surface area (Å²) in [6.45, 7) is 2.55. The number of hydrogen-bond acceptors (Lipinski definition) is 5. The molecule has 1 aromatic carbocycles. The summed E-state index contributed by atoms with van der Waals surface area (Å²) in [6, 6.07) is 5.35. The Morgan fingerprint density at radius 2 is 2.38 bits per heavy atom. The normalized spacial score (nSPS) is 11.8. The molecule has 0 fully saturated rings. The predicted octanol–water partition coefficient (Wildman–Crippen LogP) is 1.99. The SMILES string of the molecule is CCCn1c(Sc2cc(Br)ccc2/C(N)=N/O)n[nH]c1=O. The van der Waals surface area contributed by atoms with Gasteiger partial charge in [-0.25, -0.2) is 9.89 Å². The van der Waals surface area contributed by atoms with Crippen LogP contribution >= 0.6 is 27.7 Å². The average Bonchev–Trinajstić information content (AvgIpc) is 2.80. The summed E-state index contributed by atoms with van der Waals surface area (Å²) >= 11 is 4.66. The smallest absolute Gasteiger partial charge is 0.343 e. The van der Waals surface area contributed by atoms with Crippen molar-refractivity contribution in [2.75, 3.05) is 0 Å². The summed E-state index contributed by atoms with van der Waals surface area (Å²) in [5, 5.41) is 18.9. The molecule has 0 unspecified atom stereocenters. The molecule has 21 heavy (non-hydrogen) atoms. The first-order valence-corrected chi connectivity index (χ1v) is 7.78. The lowest BCUT2D eigenvalue weighted by Gasteiger charge is -2.08. The van der Waals surface area contributed by atoms with Crippen molar-refractivity contribution in [2.24, 2.45) is 10.9 Å². The van der Waals surface area contributed by atoms with E-state index in [1.165, 1.54) is 11.8 Å². The van der Waals surface area contributed by atoms with E-state index in [2.05, 4.69) is 31.3 Å². The van der Waals surface area contributed by atoms with Crippen LogP contribution in [0.2, 0.25) is 0 Å². The van der Waals surface area contributed by atoms with Crippen molar-refractivity contribution >= 4 is 33.5 Å². The van der Waals surface area contributed by atoms with Gasteiger partial charge < -0.3 is 10.9 Å². The van der Waals surface area contributed by atoms with Gasteiger partial charge in [0.1, 0.15) is 0 Å². The van der Waals surface area contributed by atoms with Crippen molar-refractivity contribution in [1.82, 2.24) is 14.8 Å². The first-order chi connectivity index (χ1) is 10.1. The summed E-state index contributed by atoms with van der Waals surface area (Å²) in [5.74, 6) is 0.00456. The van der Waals surface area contributed by atoms with E-state index in [0.717, 1.165) is 15.8 Å². The quantitative estimate of drug-likeness (QED) is 0.322. The molecule has 112 valence electrons. The molecule has 0 saturated carbocycles. The lowest BCUT2D eigenvalue weighted by molar-refractivity contribution is 0.318. The van der Waals surface area contributed by atoms with Crippen LogP contribution in [0, 0.1) is 0 Å². The van der Waals surface area contributed by atoms with Crippen molar-refractivity contribution in [1.29, 1.82) is 0 Å². The molecule has 7 nitrogen and oxygen atoms in total. The van der Waals surface area contributed by atoms with Gasteiger partial charge in [0, 0.05) is 21.5 Å². The Labute approximate surface area is 133 Å². The highest BCUT2D eigenvalue weighted by atomic mass is 79.9. The Hall–Kier alpha value is -1.74. The lowest BCUT2D eigenvalue weighted by atomic mass is 10.2. The second kappa shape index (κ2) is 6.81. The Morgan fingerprint density at radius 3 is 3.05 bits per heavy atom. The molecule has 0 bridgehead atoms. The van der Waals surface area contributed by atoms with Gasteiger partial charge in [-0.2, -0.15) is 0 Å². The fraction of sp³-hybridized carbons (Fsp3) is 0.250. The maximum Gasteiger partial charge on any atom is 0.343 e. The third-order valence-electron chi connectivity index (χ3n) is 2.70. The van der Waals surface area contributed by atoms with Crippen LogP contribution in [0.25, 0.3) is 0 Å². The molecule has 0 radical (unpaired) electrons. The molecule has 0 aliphatic carbocycles. The van der Waals surface area contributed by atoms with Gasteiger partial charge in [-0.15, -0.1) is 5.10 Å². The van der Waals surface area contributed by atoms with Crippen LogP contribution in [0.1, 0.15) is 18.9 Å². The first kappa shape index (κ1) is 15.6. The maximum absolute atomic E-state index is 11.7. The lowest BCUT2D eigenvalue weighted by Crippen LogP contribution is -2.17. The van der Waals surface area contributed by atoms with Crippen molar-refractivity contribution in [3.8, 4) is 0 Å². The zero-order valence-electron chi connectivity index (χ0n) is 11.2. The van der Waals surface area contributed by atoms with E-state index in [1.54, 1.807) is 16.7 Å². The second-order valence-electron chi connectivity index (χ2n) is 4.19. The van der Waals surface area contributed by atoms with Crippen LogP contribution in [-0.2, 0) is 6.54 Å². The van der Waals surface area contributed by atoms with E-state index >= 15 is 0 Å². The maximum atomic E-state index is 11.7. The number of rotatable bonds is 5. The molecule has 2 rings (SSSR count). The monoisotopic (exact) mass is 371 g/mol. The molecule has 1 heterocycles. The van der Waals surface area contributed by atoms with Crippen LogP contribution in [0.5, 0.6) is 0 Å². The van der Waals surface area contributed by atoms with Crippen LogP contribution in [0.4, 0.5) is 0 Å². The number of nitrogens with two attached hydrogens (primary N) is 1. The summed E-state index contributed by atoms with van der Waals surface area (Å²) in [5.41, 5.74) is 6.00. The van der Waals surface area contributed by atoms with Gasteiger partial charge in [0.15, 0.2) is 11.0 Å². The number of nitrogens with one attached hydrogen (secondary N) is 1. The molecule has 0 spiro atoms. The number of oxime groups is 1. The summed E-state index contributed by atoms with van der Waals surface area (Å²) in [7, 11) is 0. The molecule has 0 aliphatic heterocycles. The molecule has 0 amide bonds. The fourth-order valence-corrected chi connectivity index (χ4v) is 3.30. The highest BCUT2D eigenvalue weighted by Crippen LogP contribution is 2.31. The summed E-state index contributed by atoms with van der Waals surface area (Å²) < 4.78 is 2.40. The Kier molecular flexibility index (Phi) is 5.07. The van der Waals surface area contributed by atoms with Crippen molar-refractivity contribution in [2.45, 2.75) is 29.9 Å². The largest absolute Gasteiger partial charge is 0.409 e. The van der Waals surface area contributed by atoms with Crippen LogP contribution in [-0.4, -0.2) is 25.8 Å². The number of H-pyrrole nitrogens is 1. The van der Waals surface area contributed by atoms with E-state index in [9.17, 15) is 4.79 Å². The first-order valence-electron chi connectivity index (χ1n) is 6.17. The molecule has 0 atom stereocenters. The molecule has 0 saturated heterocycles. The van der Waals surface area contributed by atoms with Crippen LogP contribution in [0.15, 0.2) is 42.7 Å². The molecule has 2 aromatic rings. The Balaban J connectivity index is 2.44. The standard InChI is InChI=1S/C12H14BrN5O2S/c1-2-5-18-11(19)15-16-12(18)21-9-6-7(13)3-4-8(9)10(14)17-20/h3-4,6,20H,2,5H2,1H3,(H2,14,17)(H,15,19). The molecule has 0 aliphatic rings. The topological polar surface area (TPSA) is 109 Å². The molecule has 9 heteroatoms. The van der Waals surface area contributed by atoms with E-state index in [1.807, 2.05) is 13.0 Å². The molecule has 4 N–H and O–H groups in total. The van der Waals surface area contributed by atoms with Gasteiger partial charge in [-0.1, -0.05) is 28.0 Å². The minimum atomic E-state index is -0.250. The number of hydrogen-bond donors (Lipinski definition) is 3. The third kappa shape index (κ3) is 3.48. The fourth-order valence-electron chi connectivity index (χ4n) is 1.75. The van der Waals surface area contributed by atoms with Gasteiger partial charge in [0.05, 0.1) is 0 Å². The van der Waals surface area contributed by atoms with Crippen LogP contribution < -0.4 is 11.4 Å². The number of amidine groups is 1. The second-order valence-corrected chi connectivity index (χ2v) is 6.12.